The van der Waals surface area contributed by atoms with E-state index in [-0.39, 0.29) is 18.2 Å². The molecule has 0 radical (unpaired) electrons. The molecule has 1 fully saturated rings. The van der Waals surface area contributed by atoms with Gasteiger partial charge in [0.05, 0.1) is 25.8 Å². The molecule has 3 aromatic carbocycles. The monoisotopic (exact) mass is 539 g/mol. The number of carbonyl (C=O) groups is 2. The maximum Gasteiger partial charge on any atom is 0.243 e. The van der Waals surface area contributed by atoms with Crippen LogP contribution in [0.25, 0.3) is 0 Å². The van der Waals surface area contributed by atoms with Crippen molar-refractivity contribution in [3.05, 3.63) is 76.8 Å². The van der Waals surface area contributed by atoms with Crippen LogP contribution >= 0.6 is 15.9 Å². The molecule has 2 amide bonds. The lowest BCUT2D eigenvalue weighted by Crippen LogP contribution is -2.36. The molecule has 4 rings (SSSR count). The Balaban J connectivity index is 1.32. The predicted molar refractivity (Wildman–Crippen MR) is 137 cm³/mol. The Morgan fingerprint density at radius 3 is 2.43 bits per heavy atom. The van der Waals surface area contributed by atoms with Crippen LogP contribution in [0.5, 0.6) is 17.2 Å². The summed E-state index contributed by atoms with van der Waals surface area (Å²) in [6.07, 6.45) is 0.145. The number of anilines is 2. The summed E-state index contributed by atoms with van der Waals surface area (Å²) in [5, 5.41) is 0. The van der Waals surface area contributed by atoms with Gasteiger partial charge >= 0.3 is 0 Å². The number of nitrogens with zero attached hydrogens (tertiary/aromatic N) is 1. The zero-order chi connectivity index (χ0) is 24.8. The zero-order valence-electron chi connectivity index (χ0n) is 19.4. The van der Waals surface area contributed by atoms with Crippen LogP contribution in [0.1, 0.15) is 12.0 Å². The highest BCUT2D eigenvalue weighted by Gasteiger charge is 2.35. The van der Waals surface area contributed by atoms with E-state index in [9.17, 15) is 9.59 Å². The Morgan fingerprint density at radius 2 is 1.74 bits per heavy atom. The normalized spacial score (nSPS) is 15.0. The second-order valence-corrected chi connectivity index (χ2v) is 8.91. The maximum atomic E-state index is 12.7. The van der Waals surface area contributed by atoms with Crippen molar-refractivity contribution in [3.8, 4) is 17.2 Å². The first-order valence-electron chi connectivity index (χ1n) is 11.0. The van der Waals surface area contributed by atoms with Crippen molar-refractivity contribution >= 4 is 39.1 Å². The van der Waals surface area contributed by atoms with Crippen molar-refractivity contribution in [1.82, 2.24) is 5.43 Å². The lowest BCUT2D eigenvalue weighted by molar-refractivity contribution is -0.125. The molecule has 0 spiro atoms. The summed E-state index contributed by atoms with van der Waals surface area (Å²) < 4.78 is 17.5. The molecule has 0 aliphatic carbocycles. The highest BCUT2D eigenvalue weighted by Crippen LogP contribution is 2.31. The van der Waals surface area contributed by atoms with E-state index in [0.717, 1.165) is 15.7 Å². The van der Waals surface area contributed by atoms with Gasteiger partial charge in [-0.2, -0.15) is 0 Å². The standard InChI is InChI=1S/C26H26BrN3O5/c1-33-22-10-8-21(9-11-22)30-15-18(13-25(30)31)26(32)29-28-20-7-12-23(24(14-20)34-2)35-16-17-3-5-19(27)6-4-17/h3-12,14,18,28H,13,15-16H2,1-2H3,(H,29,32)/t18-/m1/s1. The van der Waals surface area contributed by atoms with Gasteiger partial charge in [0, 0.05) is 29.2 Å². The third-order valence-electron chi connectivity index (χ3n) is 5.68. The quantitative estimate of drug-likeness (QED) is 0.388. The van der Waals surface area contributed by atoms with E-state index in [1.165, 1.54) is 0 Å². The largest absolute Gasteiger partial charge is 0.497 e. The van der Waals surface area contributed by atoms with Crippen LogP contribution in [0.15, 0.2) is 71.2 Å². The second-order valence-electron chi connectivity index (χ2n) is 8.00. The van der Waals surface area contributed by atoms with Gasteiger partial charge in [-0.1, -0.05) is 28.1 Å². The van der Waals surface area contributed by atoms with Crippen molar-refractivity contribution in [3.63, 3.8) is 0 Å². The molecule has 1 aliphatic heterocycles. The Hall–Kier alpha value is -3.72. The minimum Gasteiger partial charge on any atom is -0.497 e. The molecule has 0 saturated carbocycles. The summed E-state index contributed by atoms with van der Waals surface area (Å²) in [5.41, 5.74) is 7.99. The molecule has 1 aliphatic rings. The fraction of sp³-hybridized carbons (Fsp3) is 0.231. The van der Waals surface area contributed by atoms with Crippen LogP contribution in [-0.2, 0) is 16.2 Å². The van der Waals surface area contributed by atoms with Gasteiger partial charge in [0.2, 0.25) is 11.8 Å². The lowest BCUT2D eigenvalue weighted by Gasteiger charge is -2.17. The number of hydrogen-bond donors (Lipinski definition) is 2. The molecular formula is C26H26BrN3O5. The highest BCUT2D eigenvalue weighted by atomic mass is 79.9. The minimum atomic E-state index is -0.465. The van der Waals surface area contributed by atoms with Crippen molar-refractivity contribution < 1.29 is 23.8 Å². The average Bonchev–Trinajstić information content (AvgIpc) is 3.28. The number of benzene rings is 3. The number of rotatable bonds is 9. The molecule has 35 heavy (non-hydrogen) atoms. The number of carbonyl (C=O) groups excluding carboxylic acids is 2. The molecule has 1 heterocycles. The molecular weight excluding hydrogens is 514 g/mol. The van der Waals surface area contributed by atoms with E-state index in [4.69, 9.17) is 14.2 Å². The summed E-state index contributed by atoms with van der Waals surface area (Å²) in [4.78, 5) is 26.8. The van der Waals surface area contributed by atoms with Crippen LogP contribution in [0, 0.1) is 5.92 Å². The van der Waals surface area contributed by atoms with Crippen LogP contribution in [0.2, 0.25) is 0 Å². The Labute approximate surface area is 212 Å². The van der Waals surface area contributed by atoms with Gasteiger partial charge in [-0.25, -0.2) is 0 Å². The SMILES string of the molecule is COc1ccc(N2C[C@H](C(=O)NNc3ccc(OCc4ccc(Br)cc4)c(OC)c3)CC2=O)cc1. The number of hydrazine groups is 1. The minimum absolute atomic E-state index is 0.0933. The number of halogens is 1. The summed E-state index contributed by atoms with van der Waals surface area (Å²) >= 11 is 3.42. The van der Waals surface area contributed by atoms with E-state index in [2.05, 4.69) is 26.8 Å². The van der Waals surface area contributed by atoms with Crippen molar-refractivity contribution in [1.29, 1.82) is 0 Å². The van der Waals surface area contributed by atoms with Gasteiger partial charge in [-0.3, -0.25) is 20.4 Å². The molecule has 0 bridgehead atoms. The number of methoxy groups -OCH3 is 2. The van der Waals surface area contributed by atoms with Crippen LogP contribution in [0.4, 0.5) is 11.4 Å². The highest BCUT2D eigenvalue weighted by molar-refractivity contribution is 9.10. The van der Waals surface area contributed by atoms with Crippen molar-refractivity contribution in [2.75, 3.05) is 31.1 Å². The Bertz CT molecular complexity index is 1180. The lowest BCUT2D eigenvalue weighted by atomic mass is 10.1. The molecule has 0 aromatic heterocycles. The number of nitrogens with one attached hydrogen (secondary N) is 2. The number of amides is 2. The predicted octanol–water partition coefficient (Wildman–Crippen LogP) is 4.54. The number of hydrogen-bond acceptors (Lipinski definition) is 6. The molecule has 3 aromatic rings. The van der Waals surface area contributed by atoms with E-state index in [1.54, 1.807) is 49.5 Å². The maximum absolute atomic E-state index is 12.7. The number of ether oxygens (including phenoxy) is 3. The molecule has 1 saturated heterocycles. The van der Waals surface area contributed by atoms with Crippen molar-refractivity contribution in [2.45, 2.75) is 13.0 Å². The Morgan fingerprint density at radius 1 is 1.00 bits per heavy atom. The third-order valence-corrected chi connectivity index (χ3v) is 6.21. The smallest absolute Gasteiger partial charge is 0.243 e. The topological polar surface area (TPSA) is 89.1 Å². The molecule has 9 heteroatoms. The van der Waals surface area contributed by atoms with E-state index in [1.807, 2.05) is 36.4 Å². The molecule has 0 unspecified atom stereocenters. The first kappa shape index (κ1) is 24.4. The first-order valence-corrected chi connectivity index (χ1v) is 11.8. The summed E-state index contributed by atoms with van der Waals surface area (Å²) in [5.74, 6) is 1.01. The van der Waals surface area contributed by atoms with E-state index < -0.39 is 5.92 Å². The second kappa shape index (κ2) is 11.1. The molecule has 2 N–H and O–H groups in total. The Kier molecular flexibility index (Phi) is 7.77. The summed E-state index contributed by atoms with van der Waals surface area (Å²) in [6.45, 7) is 0.707. The van der Waals surface area contributed by atoms with E-state index in [0.29, 0.717) is 36.1 Å². The van der Waals surface area contributed by atoms with Gasteiger partial charge in [0.25, 0.3) is 0 Å². The third kappa shape index (κ3) is 6.05. The first-order chi connectivity index (χ1) is 17.0. The van der Waals surface area contributed by atoms with Crippen LogP contribution in [-0.4, -0.2) is 32.6 Å². The zero-order valence-corrected chi connectivity index (χ0v) is 21.0. The summed E-state index contributed by atoms with van der Waals surface area (Å²) in [7, 11) is 3.14. The van der Waals surface area contributed by atoms with Gasteiger partial charge in [0.15, 0.2) is 11.5 Å². The van der Waals surface area contributed by atoms with Crippen LogP contribution < -0.4 is 30.0 Å². The van der Waals surface area contributed by atoms with E-state index >= 15 is 0 Å². The average molecular weight is 540 g/mol. The summed E-state index contributed by atoms with van der Waals surface area (Å²) in [6, 6.07) is 20.4. The van der Waals surface area contributed by atoms with Gasteiger partial charge < -0.3 is 19.1 Å². The molecule has 8 nitrogen and oxygen atoms in total. The van der Waals surface area contributed by atoms with Crippen LogP contribution in [0.3, 0.4) is 0 Å². The fourth-order valence-corrected chi connectivity index (χ4v) is 4.00. The molecule has 182 valence electrons. The molecule has 1 atom stereocenters. The van der Waals surface area contributed by atoms with Gasteiger partial charge in [-0.05, 0) is 54.1 Å². The van der Waals surface area contributed by atoms with Gasteiger partial charge in [-0.15, -0.1) is 0 Å². The van der Waals surface area contributed by atoms with Crippen molar-refractivity contribution in [2.24, 2.45) is 5.92 Å². The fourth-order valence-electron chi connectivity index (χ4n) is 3.74. The van der Waals surface area contributed by atoms with Gasteiger partial charge in [0.1, 0.15) is 12.4 Å².